The molecule has 0 bridgehead atoms. The molecule has 0 aliphatic rings. The first-order valence-electron chi connectivity index (χ1n) is 4.47. The van der Waals surface area contributed by atoms with Gasteiger partial charge in [-0.25, -0.2) is 9.67 Å². The van der Waals surface area contributed by atoms with E-state index in [2.05, 4.69) is 10.1 Å². The van der Waals surface area contributed by atoms with Gasteiger partial charge in [-0.3, -0.25) is 4.79 Å². The van der Waals surface area contributed by atoms with Gasteiger partial charge in [0.05, 0.1) is 10.0 Å². The summed E-state index contributed by atoms with van der Waals surface area (Å²) in [5, 5.41) is 4.64. The number of hydrogen-bond acceptors (Lipinski definition) is 3. The van der Waals surface area contributed by atoms with Crippen LogP contribution in [0.2, 0.25) is 10.0 Å². The molecule has 4 nitrogen and oxygen atoms in total. The molecule has 1 heterocycles. The third-order valence-electron chi connectivity index (χ3n) is 2.01. The zero-order chi connectivity index (χ0) is 11.5. The van der Waals surface area contributed by atoms with E-state index in [1.165, 1.54) is 17.3 Å². The van der Waals surface area contributed by atoms with Gasteiger partial charge in [-0.15, -0.1) is 0 Å². The summed E-state index contributed by atoms with van der Waals surface area (Å²) >= 11 is 11.6. The zero-order valence-corrected chi connectivity index (χ0v) is 9.61. The molecule has 0 saturated carbocycles. The summed E-state index contributed by atoms with van der Waals surface area (Å²) in [6.07, 6.45) is 2.86. The summed E-state index contributed by atoms with van der Waals surface area (Å²) in [4.78, 5) is 15.5. The molecular weight excluding hydrogens is 249 g/mol. The van der Waals surface area contributed by atoms with Crippen LogP contribution in [0.25, 0.3) is 0 Å². The number of carbonyl (C=O) groups excluding carboxylic acids is 1. The predicted molar refractivity (Wildman–Crippen MR) is 60.8 cm³/mol. The first-order valence-corrected chi connectivity index (χ1v) is 5.23. The van der Waals surface area contributed by atoms with E-state index in [9.17, 15) is 4.79 Å². The Balaban J connectivity index is 2.18. The summed E-state index contributed by atoms with van der Waals surface area (Å²) < 4.78 is 1.45. The van der Waals surface area contributed by atoms with Crippen molar-refractivity contribution in [3.63, 3.8) is 0 Å². The summed E-state index contributed by atoms with van der Waals surface area (Å²) in [6, 6.07) is 4.77. The van der Waals surface area contributed by atoms with Crippen LogP contribution < -0.4 is 0 Å². The van der Waals surface area contributed by atoms with Gasteiger partial charge in [0, 0.05) is 5.56 Å². The van der Waals surface area contributed by atoms with Crippen LogP contribution in [0.1, 0.15) is 10.4 Å². The molecule has 6 heteroatoms. The number of halogens is 2. The molecule has 2 aromatic rings. The number of nitrogens with zero attached hydrogens (tertiary/aromatic N) is 3. The molecule has 0 saturated heterocycles. The minimum atomic E-state index is -0.0935. The maximum atomic E-state index is 11.8. The lowest BCUT2D eigenvalue weighted by molar-refractivity contribution is 0.0967. The van der Waals surface area contributed by atoms with Crippen molar-refractivity contribution in [2.75, 3.05) is 0 Å². The molecule has 0 amide bonds. The summed E-state index contributed by atoms with van der Waals surface area (Å²) in [7, 11) is 0. The molecule has 1 aromatic carbocycles. The fourth-order valence-corrected chi connectivity index (χ4v) is 1.52. The third-order valence-corrected chi connectivity index (χ3v) is 2.75. The van der Waals surface area contributed by atoms with Gasteiger partial charge >= 0.3 is 0 Å². The molecule has 0 N–H and O–H groups in total. The van der Waals surface area contributed by atoms with E-state index in [0.29, 0.717) is 15.6 Å². The van der Waals surface area contributed by atoms with Gasteiger partial charge in [0.15, 0.2) is 5.78 Å². The molecule has 0 unspecified atom stereocenters. The predicted octanol–water partition coefficient (Wildman–Crippen LogP) is 2.47. The Labute approximate surface area is 102 Å². The number of aromatic nitrogens is 3. The van der Waals surface area contributed by atoms with Crippen LogP contribution in [0, 0.1) is 0 Å². The molecule has 2 rings (SSSR count). The molecular formula is C10H7Cl2N3O. The maximum Gasteiger partial charge on any atom is 0.184 e. The van der Waals surface area contributed by atoms with Gasteiger partial charge in [0.2, 0.25) is 0 Å². The number of rotatable bonds is 3. The molecule has 0 atom stereocenters. The minimum absolute atomic E-state index is 0.0935. The van der Waals surface area contributed by atoms with Crippen LogP contribution in [0.5, 0.6) is 0 Å². The van der Waals surface area contributed by atoms with E-state index < -0.39 is 0 Å². The van der Waals surface area contributed by atoms with Crippen molar-refractivity contribution < 1.29 is 4.79 Å². The second-order valence-corrected chi connectivity index (χ2v) is 3.96. The minimum Gasteiger partial charge on any atom is -0.292 e. The number of Topliss-reactive ketones (excluding diaryl/α,β-unsaturated/α-hetero) is 1. The van der Waals surface area contributed by atoms with Crippen molar-refractivity contribution in [3.05, 3.63) is 46.5 Å². The number of benzene rings is 1. The molecule has 0 aliphatic carbocycles. The van der Waals surface area contributed by atoms with E-state index in [4.69, 9.17) is 23.2 Å². The van der Waals surface area contributed by atoms with Gasteiger partial charge in [0.1, 0.15) is 19.2 Å². The van der Waals surface area contributed by atoms with Crippen molar-refractivity contribution >= 4 is 29.0 Å². The van der Waals surface area contributed by atoms with E-state index in [-0.39, 0.29) is 12.3 Å². The van der Waals surface area contributed by atoms with Crippen molar-refractivity contribution in [1.29, 1.82) is 0 Å². The van der Waals surface area contributed by atoms with Crippen LogP contribution in [0.4, 0.5) is 0 Å². The monoisotopic (exact) mass is 255 g/mol. The smallest absolute Gasteiger partial charge is 0.184 e. The van der Waals surface area contributed by atoms with Gasteiger partial charge in [0.25, 0.3) is 0 Å². The average Bonchev–Trinajstić information content (AvgIpc) is 2.74. The number of carbonyl (C=O) groups is 1. The fourth-order valence-electron chi connectivity index (χ4n) is 1.22. The maximum absolute atomic E-state index is 11.8. The van der Waals surface area contributed by atoms with Gasteiger partial charge in [-0.1, -0.05) is 23.2 Å². The summed E-state index contributed by atoms with van der Waals surface area (Å²) in [5.74, 6) is -0.0935. The van der Waals surface area contributed by atoms with E-state index >= 15 is 0 Å². The Morgan fingerprint density at radius 3 is 2.75 bits per heavy atom. The Morgan fingerprint density at radius 1 is 1.31 bits per heavy atom. The van der Waals surface area contributed by atoms with Crippen LogP contribution >= 0.6 is 23.2 Å². The SMILES string of the molecule is O=C(Cn1cncn1)c1ccc(Cl)c(Cl)c1. The Hall–Kier alpha value is -1.39. The molecule has 16 heavy (non-hydrogen) atoms. The van der Waals surface area contributed by atoms with Crippen molar-refractivity contribution in [2.24, 2.45) is 0 Å². The highest BCUT2D eigenvalue weighted by Gasteiger charge is 2.09. The molecule has 0 fully saturated rings. The lowest BCUT2D eigenvalue weighted by atomic mass is 10.1. The van der Waals surface area contributed by atoms with Crippen molar-refractivity contribution in [2.45, 2.75) is 6.54 Å². The van der Waals surface area contributed by atoms with Crippen LogP contribution in [-0.4, -0.2) is 20.5 Å². The topological polar surface area (TPSA) is 47.8 Å². The van der Waals surface area contributed by atoms with Gasteiger partial charge in [-0.05, 0) is 18.2 Å². The molecule has 82 valence electrons. The Kier molecular flexibility index (Phi) is 3.22. The second-order valence-electron chi connectivity index (χ2n) is 3.15. The van der Waals surface area contributed by atoms with Gasteiger partial charge < -0.3 is 0 Å². The highest BCUT2D eigenvalue weighted by molar-refractivity contribution is 6.42. The van der Waals surface area contributed by atoms with Crippen LogP contribution in [0.3, 0.4) is 0 Å². The second kappa shape index (κ2) is 4.63. The lowest BCUT2D eigenvalue weighted by Crippen LogP contribution is -2.10. The number of hydrogen-bond donors (Lipinski definition) is 0. The highest BCUT2D eigenvalue weighted by Crippen LogP contribution is 2.22. The number of ketones is 1. The van der Waals surface area contributed by atoms with E-state index in [1.54, 1.807) is 18.2 Å². The average molecular weight is 256 g/mol. The van der Waals surface area contributed by atoms with E-state index in [1.807, 2.05) is 0 Å². The first-order chi connectivity index (χ1) is 7.66. The van der Waals surface area contributed by atoms with Crippen molar-refractivity contribution in [1.82, 2.24) is 14.8 Å². The molecule has 0 radical (unpaired) electrons. The van der Waals surface area contributed by atoms with Crippen molar-refractivity contribution in [3.8, 4) is 0 Å². The summed E-state index contributed by atoms with van der Waals surface area (Å²) in [6.45, 7) is 0.137. The normalized spacial score (nSPS) is 10.4. The largest absolute Gasteiger partial charge is 0.292 e. The molecule has 0 spiro atoms. The van der Waals surface area contributed by atoms with Crippen LogP contribution in [0.15, 0.2) is 30.9 Å². The fraction of sp³-hybridized carbons (Fsp3) is 0.100. The van der Waals surface area contributed by atoms with Crippen LogP contribution in [-0.2, 0) is 6.54 Å². The Morgan fingerprint density at radius 2 is 2.12 bits per heavy atom. The zero-order valence-electron chi connectivity index (χ0n) is 8.10. The third kappa shape index (κ3) is 2.40. The standard InChI is InChI=1S/C10H7Cl2N3O/c11-8-2-1-7(3-9(8)12)10(16)4-15-6-13-5-14-15/h1-3,5-6H,4H2. The molecule has 1 aromatic heterocycles. The first kappa shape index (κ1) is 11.1. The van der Waals surface area contributed by atoms with E-state index in [0.717, 1.165) is 0 Å². The Bertz CT molecular complexity index is 511. The quantitative estimate of drug-likeness (QED) is 0.792. The molecule has 0 aliphatic heterocycles. The summed E-state index contributed by atoms with van der Waals surface area (Å²) in [5.41, 5.74) is 0.505. The highest BCUT2D eigenvalue weighted by atomic mass is 35.5. The lowest BCUT2D eigenvalue weighted by Gasteiger charge is -2.02. The van der Waals surface area contributed by atoms with Gasteiger partial charge in [-0.2, -0.15) is 5.10 Å².